The first-order chi connectivity index (χ1) is 17.6. The second kappa shape index (κ2) is 12.2. The topological polar surface area (TPSA) is 97.3 Å². The summed E-state index contributed by atoms with van der Waals surface area (Å²) in [5, 5.41) is 10.6. The van der Waals surface area contributed by atoms with Crippen molar-refractivity contribution in [2.75, 3.05) is 19.7 Å². The van der Waals surface area contributed by atoms with E-state index in [1.807, 2.05) is 0 Å². The smallest absolute Gasteiger partial charge is 0.373 e. The van der Waals surface area contributed by atoms with E-state index in [1.54, 1.807) is 12.1 Å². The molecule has 37 heavy (non-hydrogen) atoms. The number of piperidine rings is 1. The lowest BCUT2D eigenvalue weighted by molar-refractivity contribution is -0.221. The number of hydroxylamine groups is 1. The van der Waals surface area contributed by atoms with Crippen LogP contribution in [0.25, 0.3) is 0 Å². The molecule has 8 nitrogen and oxygen atoms in total. The van der Waals surface area contributed by atoms with Gasteiger partial charge >= 0.3 is 6.18 Å². The van der Waals surface area contributed by atoms with Gasteiger partial charge in [0.25, 0.3) is 0 Å². The van der Waals surface area contributed by atoms with Crippen LogP contribution < -0.4 is 5.48 Å². The first kappa shape index (κ1) is 28.0. The zero-order valence-electron chi connectivity index (χ0n) is 20.2. The van der Waals surface area contributed by atoms with Crippen molar-refractivity contribution in [3.8, 4) is 0 Å². The molecule has 2 saturated heterocycles. The Kier molecular flexibility index (Phi) is 9.22. The van der Waals surface area contributed by atoms with E-state index < -0.39 is 34.3 Å². The first-order valence-electron chi connectivity index (χ1n) is 12.2. The van der Waals surface area contributed by atoms with Gasteiger partial charge in [0.05, 0.1) is 23.2 Å². The lowest BCUT2D eigenvalue weighted by Crippen LogP contribution is -2.41. The molecule has 2 N–H and O–H groups in total. The van der Waals surface area contributed by atoms with Gasteiger partial charge in [-0.25, -0.2) is 8.42 Å². The van der Waals surface area contributed by atoms with Gasteiger partial charge in [-0.2, -0.15) is 23.0 Å². The van der Waals surface area contributed by atoms with E-state index in [9.17, 15) is 26.7 Å². The van der Waals surface area contributed by atoms with Crippen molar-refractivity contribution in [2.24, 2.45) is 0 Å². The molecule has 12 heteroatoms. The minimum absolute atomic E-state index is 0.0210. The normalized spacial score (nSPS) is 21.1. The van der Waals surface area contributed by atoms with Gasteiger partial charge in [0, 0.05) is 31.7 Å². The minimum Gasteiger partial charge on any atom is -0.373 e. The van der Waals surface area contributed by atoms with Crippen LogP contribution in [0.4, 0.5) is 13.2 Å². The third-order valence-electron chi connectivity index (χ3n) is 6.45. The molecule has 204 valence electrons. The van der Waals surface area contributed by atoms with Crippen molar-refractivity contribution in [2.45, 2.75) is 68.4 Å². The van der Waals surface area contributed by atoms with E-state index in [-0.39, 0.29) is 36.3 Å². The van der Waals surface area contributed by atoms with E-state index in [2.05, 4.69) is 5.48 Å². The number of aliphatic hydroxyl groups is 1. The molecule has 0 amide bonds. The highest BCUT2D eigenvalue weighted by Gasteiger charge is 2.33. The van der Waals surface area contributed by atoms with Crippen molar-refractivity contribution in [3.05, 3.63) is 65.2 Å². The lowest BCUT2D eigenvalue weighted by atomic mass is 10.1. The van der Waals surface area contributed by atoms with Gasteiger partial charge in [-0.15, -0.1) is 0 Å². The Bertz CT molecular complexity index is 1120. The van der Waals surface area contributed by atoms with Crippen molar-refractivity contribution < 1.29 is 41.0 Å². The van der Waals surface area contributed by atoms with Gasteiger partial charge in [0.15, 0.2) is 12.5 Å². The molecule has 0 radical (unpaired) electrons. The SMILES string of the molecule is O=S(=O)(c1ccccc1C(O)NOC1CCCCO1)N1CCC(OCc2ccc(C(F)(F)F)cc2)CC1. The lowest BCUT2D eigenvalue weighted by Gasteiger charge is -2.32. The molecule has 2 fully saturated rings. The molecule has 4 rings (SSSR count). The molecule has 0 aliphatic carbocycles. The first-order valence-corrected chi connectivity index (χ1v) is 13.7. The van der Waals surface area contributed by atoms with Gasteiger partial charge in [-0.3, -0.25) is 4.84 Å². The summed E-state index contributed by atoms with van der Waals surface area (Å²) in [6.45, 7) is 1.13. The molecule has 0 aromatic heterocycles. The number of halogens is 3. The number of aliphatic hydroxyl groups excluding tert-OH is 1. The summed E-state index contributed by atoms with van der Waals surface area (Å²) in [4.78, 5) is 5.39. The van der Waals surface area contributed by atoms with E-state index in [4.69, 9.17) is 14.3 Å². The van der Waals surface area contributed by atoms with Crippen molar-refractivity contribution >= 4 is 10.0 Å². The summed E-state index contributed by atoms with van der Waals surface area (Å²) in [7, 11) is -3.91. The van der Waals surface area contributed by atoms with Crippen LogP contribution in [0.2, 0.25) is 0 Å². The highest BCUT2D eigenvalue weighted by Crippen LogP contribution is 2.30. The Labute approximate surface area is 214 Å². The van der Waals surface area contributed by atoms with Gasteiger partial charge in [-0.05, 0) is 49.4 Å². The predicted molar refractivity (Wildman–Crippen MR) is 127 cm³/mol. The highest BCUT2D eigenvalue weighted by atomic mass is 32.2. The number of nitrogens with one attached hydrogen (secondary N) is 1. The number of sulfonamides is 1. The van der Waals surface area contributed by atoms with Crippen LogP contribution >= 0.6 is 0 Å². The van der Waals surface area contributed by atoms with Gasteiger partial charge < -0.3 is 14.6 Å². The van der Waals surface area contributed by atoms with Crippen LogP contribution in [0.15, 0.2) is 53.4 Å². The van der Waals surface area contributed by atoms with Crippen LogP contribution in [0, 0.1) is 0 Å². The molecule has 2 aliphatic heterocycles. The second-order valence-corrected chi connectivity index (χ2v) is 11.0. The Morgan fingerprint density at radius 2 is 1.76 bits per heavy atom. The predicted octanol–water partition coefficient (Wildman–Crippen LogP) is 4.11. The number of ether oxygens (including phenoxy) is 2. The summed E-state index contributed by atoms with van der Waals surface area (Å²) in [6.07, 6.45) is -3.06. The van der Waals surface area contributed by atoms with Crippen molar-refractivity contribution in [1.29, 1.82) is 0 Å². The van der Waals surface area contributed by atoms with E-state index in [0.29, 0.717) is 31.4 Å². The zero-order valence-corrected chi connectivity index (χ0v) is 21.0. The van der Waals surface area contributed by atoms with Crippen LogP contribution in [-0.4, -0.2) is 49.9 Å². The highest BCUT2D eigenvalue weighted by molar-refractivity contribution is 7.89. The standard InChI is InChI=1S/C25H31F3N2O6S/c26-25(27,28)19-10-8-18(9-11-19)17-35-20-12-14-30(15-13-20)37(32,33)22-6-2-1-5-21(22)24(31)29-36-23-7-3-4-16-34-23/h1-2,5-6,8-11,20,23-24,29,31H,3-4,7,12-17H2. The molecular weight excluding hydrogens is 513 g/mol. The van der Waals surface area contributed by atoms with Gasteiger partial charge in [-0.1, -0.05) is 30.3 Å². The van der Waals surface area contributed by atoms with E-state index >= 15 is 0 Å². The average molecular weight is 545 g/mol. The second-order valence-electron chi connectivity index (χ2n) is 9.08. The molecule has 2 heterocycles. The summed E-state index contributed by atoms with van der Waals surface area (Å²) < 4.78 is 77.6. The minimum atomic E-state index is -4.39. The third kappa shape index (κ3) is 7.29. The van der Waals surface area contributed by atoms with Crippen LogP contribution in [0.1, 0.15) is 55.0 Å². The summed E-state index contributed by atoms with van der Waals surface area (Å²) in [5.41, 5.74) is 2.56. The molecule has 0 spiro atoms. The monoisotopic (exact) mass is 544 g/mol. The quantitative estimate of drug-likeness (QED) is 0.362. The Balaban J connectivity index is 1.32. The largest absolute Gasteiger partial charge is 0.416 e. The Morgan fingerprint density at radius 3 is 2.41 bits per heavy atom. The number of alkyl halides is 3. The van der Waals surface area contributed by atoms with Gasteiger partial charge in [0.2, 0.25) is 10.0 Å². The maximum atomic E-state index is 13.4. The van der Waals surface area contributed by atoms with E-state index in [1.165, 1.54) is 28.6 Å². The molecule has 2 aliphatic rings. The Hall–Kier alpha value is -2.06. The molecule has 0 bridgehead atoms. The summed E-state index contributed by atoms with van der Waals surface area (Å²) in [5.74, 6) is 0. The van der Waals surface area contributed by atoms with Crippen LogP contribution in [-0.2, 0) is 37.1 Å². The molecule has 2 aromatic carbocycles. The molecule has 2 unspecified atom stereocenters. The van der Waals surface area contributed by atoms with Crippen molar-refractivity contribution in [3.63, 3.8) is 0 Å². The maximum absolute atomic E-state index is 13.4. The van der Waals surface area contributed by atoms with Crippen LogP contribution in [0.3, 0.4) is 0 Å². The average Bonchev–Trinajstić information content (AvgIpc) is 2.91. The van der Waals surface area contributed by atoms with E-state index in [0.717, 1.165) is 25.0 Å². The summed E-state index contributed by atoms with van der Waals surface area (Å²) in [6, 6.07) is 11.0. The zero-order chi connectivity index (χ0) is 26.5. The number of nitrogens with zero attached hydrogens (tertiary/aromatic N) is 1. The fourth-order valence-corrected chi connectivity index (χ4v) is 6.03. The number of benzene rings is 2. The summed E-state index contributed by atoms with van der Waals surface area (Å²) >= 11 is 0. The molecule has 2 atom stereocenters. The third-order valence-corrected chi connectivity index (χ3v) is 8.42. The van der Waals surface area contributed by atoms with Crippen molar-refractivity contribution in [1.82, 2.24) is 9.79 Å². The number of hydrogen-bond donors (Lipinski definition) is 2. The number of rotatable bonds is 9. The number of hydrogen-bond acceptors (Lipinski definition) is 7. The Morgan fingerprint density at radius 1 is 1.05 bits per heavy atom. The maximum Gasteiger partial charge on any atom is 0.416 e. The molecular formula is C25H31F3N2O6S. The van der Waals surface area contributed by atoms with Gasteiger partial charge in [0.1, 0.15) is 0 Å². The van der Waals surface area contributed by atoms with Crippen LogP contribution in [0.5, 0.6) is 0 Å². The molecule has 2 aromatic rings. The fraction of sp³-hybridized carbons (Fsp3) is 0.520. The molecule has 0 saturated carbocycles. The fourth-order valence-electron chi connectivity index (χ4n) is 4.33.